The van der Waals surface area contributed by atoms with Crippen LogP contribution in [-0.4, -0.2) is 19.1 Å². The third-order valence-electron chi connectivity index (χ3n) is 3.03. The Balaban J connectivity index is 2.15. The van der Waals surface area contributed by atoms with Crippen LogP contribution in [-0.2, 0) is 0 Å². The zero-order valence-corrected chi connectivity index (χ0v) is 8.45. The van der Waals surface area contributed by atoms with Gasteiger partial charge in [-0.25, -0.2) is 0 Å². The summed E-state index contributed by atoms with van der Waals surface area (Å²) in [6, 6.07) is 10.9. The molecule has 0 amide bonds. The first-order valence-electron chi connectivity index (χ1n) is 5.39. The van der Waals surface area contributed by atoms with E-state index in [2.05, 4.69) is 35.6 Å². The minimum absolute atomic E-state index is 0.312. The van der Waals surface area contributed by atoms with Gasteiger partial charge in [0, 0.05) is 12.0 Å². The van der Waals surface area contributed by atoms with Crippen molar-refractivity contribution in [2.75, 3.05) is 13.1 Å². The van der Waals surface area contributed by atoms with Gasteiger partial charge in [0.1, 0.15) is 0 Å². The molecule has 2 atom stereocenters. The molecule has 2 rings (SSSR count). The molecule has 0 aliphatic carbocycles. The molecule has 76 valence electrons. The number of hydrogen-bond donors (Lipinski definition) is 2. The summed E-state index contributed by atoms with van der Waals surface area (Å²) in [5.74, 6) is 0.534. The van der Waals surface area contributed by atoms with Crippen molar-refractivity contribution in [1.29, 1.82) is 0 Å². The Kier molecular flexibility index (Phi) is 3.17. The van der Waals surface area contributed by atoms with Crippen molar-refractivity contribution in [2.24, 2.45) is 5.73 Å². The summed E-state index contributed by atoms with van der Waals surface area (Å²) in [5, 5.41) is 3.40. The Morgan fingerprint density at radius 3 is 2.57 bits per heavy atom. The highest BCUT2D eigenvalue weighted by molar-refractivity contribution is 5.21. The van der Waals surface area contributed by atoms with Gasteiger partial charge < -0.3 is 11.1 Å². The zero-order chi connectivity index (χ0) is 9.80. The molecule has 0 bridgehead atoms. The Labute approximate surface area is 85.5 Å². The van der Waals surface area contributed by atoms with Gasteiger partial charge in [0.2, 0.25) is 0 Å². The summed E-state index contributed by atoms with van der Waals surface area (Å²) >= 11 is 0. The maximum atomic E-state index is 6.17. The molecule has 1 fully saturated rings. The van der Waals surface area contributed by atoms with Crippen LogP contribution in [0.1, 0.15) is 24.3 Å². The zero-order valence-electron chi connectivity index (χ0n) is 8.45. The number of nitrogens with two attached hydrogens (primary N) is 1. The second kappa shape index (κ2) is 4.58. The summed E-state index contributed by atoms with van der Waals surface area (Å²) in [5.41, 5.74) is 7.56. The van der Waals surface area contributed by atoms with Gasteiger partial charge in [0.25, 0.3) is 0 Å². The first-order chi connectivity index (χ1) is 6.88. The van der Waals surface area contributed by atoms with Crippen LogP contribution in [0, 0.1) is 0 Å². The highest BCUT2D eigenvalue weighted by atomic mass is 14.9. The molecular weight excluding hydrogens is 172 g/mol. The average Bonchev–Trinajstić information content (AvgIpc) is 2.44. The lowest BCUT2D eigenvalue weighted by molar-refractivity contribution is 0.518. The molecule has 14 heavy (non-hydrogen) atoms. The molecular formula is C12H18N2. The largest absolute Gasteiger partial charge is 0.327 e. The molecule has 0 unspecified atom stereocenters. The van der Waals surface area contributed by atoms with Gasteiger partial charge in [0.05, 0.1) is 0 Å². The summed E-state index contributed by atoms with van der Waals surface area (Å²) in [6.45, 7) is 2.15. The van der Waals surface area contributed by atoms with E-state index in [1.807, 2.05) is 0 Å². The highest BCUT2D eigenvalue weighted by Gasteiger charge is 2.21. The van der Waals surface area contributed by atoms with Crippen LogP contribution in [0.2, 0.25) is 0 Å². The van der Waals surface area contributed by atoms with Crippen molar-refractivity contribution in [3.8, 4) is 0 Å². The van der Waals surface area contributed by atoms with Crippen LogP contribution in [0.4, 0.5) is 0 Å². The first kappa shape index (κ1) is 9.69. The monoisotopic (exact) mass is 190 g/mol. The molecule has 1 aliphatic heterocycles. The highest BCUT2D eigenvalue weighted by Crippen LogP contribution is 2.24. The molecule has 0 spiro atoms. The van der Waals surface area contributed by atoms with Gasteiger partial charge in [-0.3, -0.25) is 0 Å². The maximum absolute atomic E-state index is 6.17. The average molecular weight is 190 g/mol. The van der Waals surface area contributed by atoms with Crippen LogP contribution in [0.15, 0.2) is 30.3 Å². The van der Waals surface area contributed by atoms with E-state index in [0.717, 1.165) is 25.9 Å². The normalized spacial score (nSPS) is 28.4. The quantitative estimate of drug-likeness (QED) is 0.704. The summed E-state index contributed by atoms with van der Waals surface area (Å²) < 4.78 is 0. The predicted molar refractivity (Wildman–Crippen MR) is 59.3 cm³/mol. The Bertz CT molecular complexity index is 271. The van der Waals surface area contributed by atoms with E-state index >= 15 is 0 Å². The number of rotatable bonds is 1. The smallest absolute Gasteiger partial charge is 0.0120 e. The molecule has 2 nitrogen and oxygen atoms in total. The first-order valence-corrected chi connectivity index (χ1v) is 5.39. The van der Waals surface area contributed by atoms with Crippen LogP contribution in [0.3, 0.4) is 0 Å². The maximum Gasteiger partial charge on any atom is 0.0120 e. The van der Waals surface area contributed by atoms with Crippen molar-refractivity contribution in [3.63, 3.8) is 0 Å². The van der Waals surface area contributed by atoms with Gasteiger partial charge in [0.15, 0.2) is 0 Å². The van der Waals surface area contributed by atoms with Gasteiger partial charge in [-0.1, -0.05) is 30.3 Å². The third-order valence-corrected chi connectivity index (χ3v) is 3.03. The van der Waals surface area contributed by atoms with Crippen LogP contribution >= 0.6 is 0 Å². The second-order valence-electron chi connectivity index (χ2n) is 4.01. The topological polar surface area (TPSA) is 38.0 Å². The van der Waals surface area contributed by atoms with E-state index in [1.54, 1.807) is 0 Å². The predicted octanol–water partition coefficient (Wildman–Crippen LogP) is 1.48. The lowest BCUT2D eigenvalue weighted by Gasteiger charge is -2.21. The van der Waals surface area contributed by atoms with E-state index in [1.165, 1.54) is 5.56 Å². The lowest BCUT2D eigenvalue weighted by Crippen LogP contribution is -2.28. The van der Waals surface area contributed by atoms with Crippen LogP contribution in [0.5, 0.6) is 0 Å². The number of nitrogens with one attached hydrogen (secondary N) is 1. The SMILES string of the molecule is N[C@@H]1CCNCC[C@H]1c1ccccc1. The molecule has 1 saturated heterocycles. The molecule has 1 heterocycles. The molecule has 1 aliphatic rings. The van der Waals surface area contributed by atoms with E-state index < -0.39 is 0 Å². The van der Waals surface area contributed by atoms with Crippen molar-refractivity contribution in [2.45, 2.75) is 24.8 Å². The Morgan fingerprint density at radius 2 is 1.79 bits per heavy atom. The van der Waals surface area contributed by atoms with Crippen molar-refractivity contribution in [3.05, 3.63) is 35.9 Å². The Morgan fingerprint density at radius 1 is 1.07 bits per heavy atom. The minimum atomic E-state index is 0.312. The molecule has 1 aromatic carbocycles. The molecule has 0 radical (unpaired) electrons. The van der Waals surface area contributed by atoms with Gasteiger partial charge >= 0.3 is 0 Å². The summed E-state index contributed by atoms with van der Waals surface area (Å²) in [4.78, 5) is 0. The molecule has 2 heteroatoms. The Hall–Kier alpha value is -0.860. The van der Waals surface area contributed by atoms with E-state index in [9.17, 15) is 0 Å². The van der Waals surface area contributed by atoms with E-state index in [4.69, 9.17) is 5.73 Å². The van der Waals surface area contributed by atoms with Gasteiger partial charge in [-0.2, -0.15) is 0 Å². The van der Waals surface area contributed by atoms with Crippen molar-refractivity contribution >= 4 is 0 Å². The minimum Gasteiger partial charge on any atom is -0.327 e. The molecule has 1 aromatic rings. The van der Waals surface area contributed by atoms with Crippen molar-refractivity contribution in [1.82, 2.24) is 5.32 Å². The van der Waals surface area contributed by atoms with E-state index in [-0.39, 0.29) is 0 Å². The van der Waals surface area contributed by atoms with Gasteiger partial charge in [-0.15, -0.1) is 0 Å². The molecule has 0 saturated carbocycles. The van der Waals surface area contributed by atoms with Gasteiger partial charge in [-0.05, 0) is 31.5 Å². The van der Waals surface area contributed by atoms with E-state index in [0.29, 0.717) is 12.0 Å². The van der Waals surface area contributed by atoms with Crippen LogP contribution < -0.4 is 11.1 Å². The fourth-order valence-corrected chi connectivity index (χ4v) is 2.18. The standard InChI is InChI=1S/C12H18N2/c13-12-7-9-14-8-6-11(12)10-4-2-1-3-5-10/h1-5,11-12,14H,6-9,13H2/t11-,12+/m0/s1. The molecule has 3 N–H and O–H groups in total. The third kappa shape index (κ3) is 2.14. The van der Waals surface area contributed by atoms with Crippen LogP contribution in [0.25, 0.3) is 0 Å². The molecule has 0 aromatic heterocycles. The number of hydrogen-bond acceptors (Lipinski definition) is 2. The summed E-state index contributed by atoms with van der Waals surface area (Å²) in [7, 11) is 0. The second-order valence-corrected chi connectivity index (χ2v) is 4.01. The van der Waals surface area contributed by atoms with Crippen molar-refractivity contribution < 1.29 is 0 Å². The number of benzene rings is 1. The fraction of sp³-hybridized carbons (Fsp3) is 0.500. The lowest BCUT2D eigenvalue weighted by atomic mass is 9.88. The fourth-order valence-electron chi connectivity index (χ4n) is 2.18. The summed E-state index contributed by atoms with van der Waals surface area (Å²) in [6.07, 6.45) is 2.24.